The Hall–Kier alpha value is -5.69. The SMILES string of the molecule is C=C1CC2CNc3cc(OCc4cc(COc5cc6c(cc5C)C(=O)N5CC(=C)C[C@H]5CN6)cc(OCCOCC(=O)OC)c4)c(OC)cc3C(=O)N2C1. The van der Waals surface area contributed by atoms with Crippen molar-refractivity contribution in [2.75, 3.05) is 70.9 Å². The Morgan fingerprint density at radius 3 is 1.91 bits per heavy atom. The molecule has 3 aromatic carbocycles. The summed E-state index contributed by atoms with van der Waals surface area (Å²) in [4.78, 5) is 42.1. The lowest BCUT2D eigenvalue weighted by Gasteiger charge is -2.21. The largest absolute Gasteiger partial charge is 0.493 e. The van der Waals surface area contributed by atoms with Crippen LogP contribution in [-0.2, 0) is 27.5 Å². The van der Waals surface area contributed by atoms with Crippen LogP contribution in [0.15, 0.2) is 66.8 Å². The minimum atomic E-state index is -0.466. The molecule has 13 heteroatoms. The van der Waals surface area contributed by atoms with Crippen molar-refractivity contribution < 1.29 is 42.8 Å². The van der Waals surface area contributed by atoms with E-state index < -0.39 is 5.97 Å². The number of rotatable bonds is 13. The Morgan fingerprint density at radius 2 is 1.31 bits per heavy atom. The van der Waals surface area contributed by atoms with E-state index in [1.165, 1.54) is 7.11 Å². The maximum Gasteiger partial charge on any atom is 0.331 e. The number of nitrogens with zero attached hydrogens (tertiary/aromatic N) is 2. The van der Waals surface area contributed by atoms with Crippen molar-refractivity contribution in [2.45, 2.75) is 45.1 Å². The van der Waals surface area contributed by atoms with Crippen LogP contribution in [0.3, 0.4) is 0 Å². The van der Waals surface area contributed by atoms with E-state index in [4.69, 9.17) is 23.7 Å². The van der Waals surface area contributed by atoms with Crippen LogP contribution in [0.5, 0.6) is 23.0 Å². The van der Waals surface area contributed by atoms with Crippen LogP contribution in [0.2, 0.25) is 0 Å². The fraction of sp³-hybridized carbons (Fsp3) is 0.390. The molecule has 4 heterocycles. The Kier molecular flexibility index (Phi) is 10.7. The van der Waals surface area contributed by atoms with E-state index in [1.807, 2.05) is 53.1 Å². The summed E-state index contributed by atoms with van der Waals surface area (Å²) in [5.74, 6) is 1.61. The number of carbonyl (C=O) groups is 3. The molecule has 0 spiro atoms. The molecule has 0 aliphatic carbocycles. The smallest absolute Gasteiger partial charge is 0.331 e. The first-order chi connectivity index (χ1) is 26.1. The molecule has 3 aromatic rings. The van der Waals surface area contributed by atoms with E-state index in [-0.39, 0.29) is 56.9 Å². The molecule has 0 aromatic heterocycles. The average molecular weight is 739 g/mol. The summed E-state index contributed by atoms with van der Waals surface area (Å²) in [5.41, 5.74) is 7.16. The molecule has 2 saturated heterocycles. The molecule has 54 heavy (non-hydrogen) atoms. The Labute approximate surface area is 314 Å². The number of ether oxygens (including phenoxy) is 6. The molecule has 2 fully saturated rings. The number of anilines is 2. The van der Waals surface area contributed by atoms with E-state index in [0.717, 1.165) is 46.4 Å². The summed E-state index contributed by atoms with van der Waals surface area (Å²) in [6.45, 7) is 13.1. The van der Waals surface area contributed by atoms with Crippen LogP contribution in [0.25, 0.3) is 0 Å². The van der Waals surface area contributed by atoms with Gasteiger partial charge < -0.3 is 48.9 Å². The van der Waals surface area contributed by atoms with Crippen molar-refractivity contribution in [3.63, 3.8) is 0 Å². The van der Waals surface area contributed by atoms with Crippen molar-refractivity contribution >= 4 is 29.2 Å². The lowest BCUT2D eigenvalue weighted by Crippen LogP contribution is -2.36. The van der Waals surface area contributed by atoms with Crippen LogP contribution in [0.4, 0.5) is 11.4 Å². The zero-order chi connectivity index (χ0) is 37.9. The lowest BCUT2D eigenvalue weighted by molar-refractivity contribution is -0.146. The van der Waals surface area contributed by atoms with Crippen LogP contribution in [-0.4, -0.2) is 99.9 Å². The zero-order valence-corrected chi connectivity index (χ0v) is 31.0. The normalized spacial score (nSPS) is 18.7. The highest BCUT2D eigenvalue weighted by Crippen LogP contribution is 2.39. The van der Waals surface area contributed by atoms with Crippen LogP contribution in [0, 0.1) is 6.92 Å². The summed E-state index contributed by atoms with van der Waals surface area (Å²) < 4.78 is 34.4. The standard InChI is InChI=1S/C41H46N4O9/c1-24-8-29-17-42-34-15-36(26(3)10-32(34)40(47)44(29)19-24)53-21-27-11-28(13-31(12-27)52-7-6-51-23-39(46)50-5)22-54-38-16-35-33(14-37(38)49-4)41(48)45-20-25(2)9-30(45)18-43-35/h10-16,29-30,42-43H,1-2,6-9,17-23H2,3-5H3/t29-,30?/m0/s1. The van der Waals surface area contributed by atoms with Crippen molar-refractivity contribution in [3.8, 4) is 23.0 Å². The van der Waals surface area contributed by atoms with Crippen molar-refractivity contribution in [1.82, 2.24) is 9.80 Å². The monoisotopic (exact) mass is 738 g/mol. The van der Waals surface area contributed by atoms with E-state index in [2.05, 4.69) is 28.5 Å². The van der Waals surface area contributed by atoms with Gasteiger partial charge in [-0.15, -0.1) is 0 Å². The minimum absolute atomic E-state index is 0.00142. The molecule has 7 rings (SSSR count). The molecule has 13 nitrogen and oxygen atoms in total. The van der Waals surface area contributed by atoms with Gasteiger partial charge in [0, 0.05) is 38.3 Å². The summed E-state index contributed by atoms with van der Waals surface area (Å²) in [6.07, 6.45) is 1.57. The average Bonchev–Trinajstić information content (AvgIpc) is 3.68. The van der Waals surface area contributed by atoms with Crippen LogP contribution >= 0.6 is 0 Å². The molecule has 2 amide bonds. The predicted molar refractivity (Wildman–Crippen MR) is 202 cm³/mol. The number of esters is 1. The fourth-order valence-electron chi connectivity index (χ4n) is 7.42. The van der Waals surface area contributed by atoms with Crippen LogP contribution < -0.4 is 29.6 Å². The molecular formula is C41H46N4O9. The molecule has 0 bridgehead atoms. The highest BCUT2D eigenvalue weighted by atomic mass is 16.6. The van der Waals surface area contributed by atoms with E-state index in [9.17, 15) is 14.4 Å². The second-order valence-electron chi connectivity index (χ2n) is 14.1. The van der Waals surface area contributed by atoms with E-state index in [0.29, 0.717) is 66.0 Å². The second kappa shape index (κ2) is 15.7. The number of hydrogen-bond acceptors (Lipinski definition) is 11. The second-order valence-corrected chi connectivity index (χ2v) is 14.1. The van der Waals surface area contributed by atoms with Gasteiger partial charge in [-0.25, -0.2) is 4.79 Å². The summed E-state index contributed by atoms with van der Waals surface area (Å²) in [5, 5.41) is 6.88. The lowest BCUT2D eigenvalue weighted by atomic mass is 10.1. The maximum atomic E-state index is 13.5. The molecule has 0 radical (unpaired) electrons. The first-order valence-electron chi connectivity index (χ1n) is 18.1. The fourth-order valence-corrected chi connectivity index (χ4v) is 7.42. The van der Waals surface area contributed by atoms with Crippen molar-refractivity contribution in [2.24, 2.45) is 0 Å². The summed E-state index contributed by atoms with van der Waals surface area (Å²) >= 11 is 0. The van der Waals surface area contributed by atoms with Gasteiger partial charge in [0.25, 0.3) is 11.8 Å². The number of amides is 2. The summed E-state index contributed by atoms with van der Waals surface area (Å²) in [7, 11) is 2.85. The predicted octanol–water partition coefficient (Wildman–Crippen LogP) is 5.12. The number of aryl methyl sites for hydroxylation is 1. The molecule has 2 atom stereocenters. The summed E-state index contributed by atoms with van der Waals surface area (Å²) in [6, 6.07) is 13.2. The molecule has 2 N–H and O–H groups in total. The highest BCUT2D eigenvalue weighted by Gasteiger charge is 2.37. The van der Waals surface area contributed by atoms with Crippen molar-refractivity contribution in [1.29, 1.82) is 0 Å². The van der Waals surface area contributed by atoms with Gasteiger partial charge >= 0.3 is 5.97 Å². The van der Waals surface area contributed by atoms with Crippen LogP contribution in [0.1, 0.15) is 50.2 Å². The van der Waals surface area contributed by atoms with Gasteiger partial charge in [0.2, 0.25) is 0 Å². The molecule has 1 unspecified atom stereocenters. The number of fused-ring (bicyclic) bond motifs is 4. The Balaban J connectivity index is 1.08. The number of benzene rings is 3. The number of hydrogen-bond donors (Lipinski definition) is 2. The molecule has 4 aliphatic heterocycles. The minimum Gasteiger partial charge on any atom is -0.493 e. The van der Waals surface area contributed by atoms with Gasteiger partial charge in [0.1, 0.15) is 37.9 Å². The van der Waals surface area contributed by atoms with E-state index in [1.54, 1.807) is 13.2 Å². The Morgan fingerprint density at radius 1 is 0.741 bits per heavy atom. The number of carbonyl (C=O) groups excluding carboxylic acids is 3. The van der Waals surface area contributed by atoms with Gasteiger partial charge in [-0.2, -0.15) is 0 Å². The van der Waals surface area contributed by atoms with Gasteiger partial charge in [0.15, 0.2) is 11.5 Å². The van der Waals surface area contributed by atoms with Gasteiger partial charge in [-0.1, -0.05) is 24.3 Å². The third-order valence-electron chi connectivity index (χ3n) is 10.1. The first-order valence-corrected chi connectivity index (χ1v) is 18.1. The van der Waals surface area contributed by atoms with Gasteiger partial charge in [0.05, 0.1) is 55.4 Å². The van der Waals surface area contributed by atoms with Crippen molar-refractivity contribution in [3.05, 3.63) is 94.6 Å². The topological polar surface area (TPSA) is 137 Å². The molecule has 0 saturated carbocycles. The zero-order valence-electron chi connectivity index (χ0n) is 31.0. The van der Waals surface area contributed by atoms with E-state index >= 15 is 0 Å². The molecule has 4 aliphatic rings. The molecule has 284 valence electrons. The highest BCUT2D eigenvalue weighted by molar-refractivity contribution is 6.02. The quantitative estimate of drug-likeness (QED) is 0.137. The van der Waals surface area contributed by atoms with Gasteiger partial charge in [-0.3, -0.25) is 9.59 Å². The number of nitrogens with one attached hydrogen (secondary N) is 2. The maximum absolute atomic E-state index is 13.5. The Bertz CT molecular complexity index is 2000. The van der Waals surface area contributed by atoms with Gasteiger partial charge in [-0.05, 0) is 66.8 Å². The third-order valence-corrected chi connectivity index (χ3v) is 10.1. The third kappa shape index (κ3) is 7.81. The first kappa shape index (κ1) is 36.7. The molecular weight excluding hydrogens is 692 g/mol. The number of methoxy groups -OCH3 is 2.